The van der Waals surface area contributed by atoms with Crippen LogP contribution in [-0.2, 0) is 10.2 Å². The fourth-order valence-electron chi connectivity index (χ4n) is 4.94. The molecule has 4 rings (SSSR count). The van der Waals surface area contributed by atoms with E-state index >= 15 is 0 Å². The second-order valence-electron chi connectivity index (χ2n) is 7.63. The van der Waals surface area contributed by atoms with Gasteiger partial charge in [-0.15, -0.1) is 0 Å². The Labute approximate surface area is 145 Å². The van der Waals surface area contributed by atoms with Gasteiger partial charge in [0.15, 0.2) is 0 Å². The van der Waals surface area contributed by atoms with Crippen LogP contribution < -0.4 is 5.32 Å². The first-order valence-corrected chi connectivity index (χ1v) is 9.59. The summed E-state index contributed by atoms with van der Waals surface area (Å²) in [4.78, 5) is 18.2. The zero-order valence-electron chi connectivity index (χ0n) is 14.5. The van der Waals surface area contributed by atoms with Gasteiger partial charge in [-0.25, -0.2) is 0 Å². The van der Waals surface area contributed by atoms with Crippen molar-refractivity contribution in [1.82, 2.24) is 15.1 Å². The number of nitrogens with zero attached hydrogens (tertiary/aromatic N) is 2. The number of hydrogen-bond donors (Lipinski definition) is 1. The van der Waals surface area contributed by atoms with E-state index in [0.29, 0.717) is 11.9 Å². The highest BCUT2D eigenvalue weighted by Gasteiger charge is 2.46. The molecule has 1 saturated carbocycles. The van der Waals surface area contributed by atoms with Crippen LogP contribution in [0.1, 0.15) is 37.7 Å². The van der Waals surface area contributed by atoms with Crippen LogP contribution in [0.25, 0.3) is 0 Å². The van der Waals surface area contributed by atoms with Crippen LogP contribution in [0, 0.1) is 0 Å². The van der Waals surface area contributed by atoms with Crippen molar-refractivity contribution in [3.63, 3.8) is 0 Å². The van der Waals surface area contributed by atoms with Crippen molar-refractivity contribution < 1.29 is 4.79 Å². The van der Waals surface area contributed by atoms with Gasteiger partial charge in [-0.3, -0.25) is 9.69 Å². The van der Waals surface area contributed by atoms with Gasteiger partial charge in [-0.05, 0) is 24.8 Å². The lowest BCUT2D eigenvalue weighted by atomic mass is 9.77. The van der Waals surface area contributed by atoms with Crippen molar-refractivity contribution in [2.45, 2.75) is 43.6 Å². The molecular weight excluding hydrogens is 298 g/mol. The minimum absolute atomic E-state index is 0.250. The molecule has 3 fully saturated rings. The third kappa shape index (κ3) is 2.86. The van der Waals surface area contributed by atoms with Gasteiger partial charge in [0.2, 0.25) is 5.91 Å². The first kappa shape index (κ1) is 16.1. The summed E-state index contributed by atoms with van der Waals surface area (Å²) < 4.78 is 0. The van der Waals surface area contributed by atoms with E-state index in [1.165, 1.54) is 18.4 Å². The lowest BCUT2D eigenvalue weighted by Crippen LogP contribution is -2.50. The van der Waals surface area contributed by atoms with E-state index in [1.807, 2.05) is 6.07 Å². The van der Waals surface area contributed by atoms with E-state index in [9.17, 15) is 4.79 Å². The van der Waals surface area contributed by atoms with Crippen LogP contribution in [0.3, 0.4) is 0 Å². The number of amides is 1. The number of carbonyl (C=O) groups excluding carboxylic acids is 1. The van der Waals surface area contributed by atoms with E-state index in [0.717, 1.165) is 58.5 Å². The molecule has 0 radical (unpaired) electrons. The zero-order valence-corrected chi connectivity index (χ0v) is 14.5. The Kier molecular flexibility index (Phi) is 4.59. The molecule has 2 saturated heterocycles. The average Bonchev–Trinajstić information content (AvgIpc) is 3.33. The Morgan fingerprint density at radius 3 is 2.46 bits per heavy atom. The third-order valence-corrected chi connectivity index (χ3v) is 6.31. The van der Waals surface area contributed by atoms with Gasteiger partial charge in [-0.2, -0.15) is 0 Å². The zero-order chi connectivity index (χ0) is 16.4. The average molecular weight is 327 g/mol. The molecule has 0 aromatic heterocycles. The lowest BCUT2D eigenvalue weighted by molar-refractivity contribution is -0.136. The summed E-state index contributed by atoms with van der Waals surface area (Å²) in [5.41, 5.74) is 0.984. The molecule has 24 heavy (non-hydrogen) atoms. The molecule has 4 nitrogen and oxygen atoms in total. The fraction of sp³-hybridized carbons (Fsp3) is 0.650. The van der Waals surface area contributed by atoms with Crippen molar-refractivity contribution >= 4 is 5.91 Å². The molecule has 1 aromatic rings. The topological polar surface area (TPSA) is 35.6 Å². The largest absolute Gasteiger partial charge is 0.340 e. The van der Waals surface area contributed by atoms with Gasteiger partial charge >= 0.3 is 0 Å². The third-order valence-electron chi connectivity index (χ3n) is 6.31. The highest BCUT2D eigenvalue weighted by molar-refractivity contribution is 5.89. The second-order valence-corrected chi connectivity index (χ2v) is 7.63. The molecule has 1 aliphatic carbocycles. The highest BCUT2D eigenvalue weighted by atomic mass is 16.2. The molecule has 3 aliphatic rings. The number of hydrogen-bond acceptors (Lipinski definition) is 3. The molecule has 1 aromatic carbocycles. The van der Waals surface area contributed by atoms with Gasteiger partial charge in [0.25, 0.3) is 0 Å². The maximum Gasteiger partial charge on any atom is 0.233 e. The van der Waals surface area contributed by atoms with Crippen molar-refractivity contribution in [2.24, 2.45) is 0 Å². The van der Waals surface area contributed by atoms with Gasteiger partial charge < -0.3 is 10.2 Å². The SMILES string of the molecule is O=C(N1CCC(N2CCNCC2)C1)C1(c2ccccc2)CCCC1. The summed E-state index contributed by atoms with van der Waals surface area (Å²) in [6.45, 7) is 6.26. The number of likely N-dealkylation sites (tertiary alicyclic amines) is 1. The van der Waals surface area contributed by atoms with Crippen molar-refractivity contribution in [1.29, 1.82) is 0 Å². The van der Waals surface area contributed by atoms with Gasteiger partial charge in [0.1, 0.15) is 0 Å². The second kappa shape index (κ2) is 6.85. The van der Waals surface area contributed by atoms with Crippen LogP contribution in [0.5, 0.6) is 0 Å². The predicted molar refractivity (Wildman–Crippen MR) is 96.0 cm³/mol. The van der Waals surface area contributed by atoms with E-state index < -0.39 is 0 Å². The van der Waals surface area contributed by atoms with E-state index in [4.69, 9.17) is 0 Å². The van der Waals surface area contributed by atoms with Crippen LogP contribution in [0.4, 0.5) is 0 Å². The van der Waals surface area contributed by atoms with Crippen molar-refractivity contribution in [3.05, 3.63) is 35.9 Å². The van der Waals surface area contributed by atoms with Crippen molar-refractivity contribution in [3.8, 4) is 0 Å². The first-order valence-electron chi connectivity index (χ1n) is 9.59. The Bertz CT molecular complexity index is 562. The van der Waals surface area contributed by atoms with E-state index in [1.54, 1.807) is 0 Å². The number of carbonyl (C=O) groups is 1. The Balaban J connectivity index is 1.50. The Hall–Kier alpha value is -1.39. The summed E-state index contributed by atoms with van der Waals surface area (Å²) >= 11 is 0. The minimum atomic E-state index is -0.250. The molecule has 1 unspecified atom stereocenters. The maximum atomic E-state index is 13.5. The normalized spacial score (nSPS) is 27.5. The molecular formula is C20H29N3O. The summed E-state index contributed by atoms with van der Waals surface area (Å²) in [5, 5.41) is 3.42. The number of piperazine rings is 1. The minimum Gasteiger partial charge on any atom is -0.340 e. The van der Waals surface area contributed by atoms with Crippen LogP contribution in [0.15, 0.2) is 30.3 Å². The molecule has 4 heteroatoms. The summed E-state index contributed by atoms with van der Waals surface area (Å²) in [5.74, 6) is 0.392. The number of nitrogens with one attached hydrogen (secondary N) is 1. The molecule has 0 bridgehead atoms. The number of rotatable bonds is 3. The van der Waals surface area contributed by atoms with Crippen LogP contribution in [-0.4, -0.2) is 61.0 Å². The molecule has 1 N–H and O–H groups in total. The molecule has 1 amide bonds. The molecule has 2 aliphatic heterocycles. The Morgan fingerprint density at radius 2 is 1.75 bits per heavy atom. The molecule has 2 heterocycles. The molecule has 130 valence electrons. The van der Waals surface area contributed by atoms with Gasteiger partial charge in [0.05, 0.1) is 5.41 Å². The molecule has 0 spiro atoms. The van der Waals surface area contributed by atoms with Gasteiger partial charge in [0, 0.05) is 45.3 Å². The fourth-order valence-corrected chi connectivity index (χ4v) is 4.94. The Morgan fingerprint density at radius 1 is 1.04 bits per heavy atom. The number of benzene rings is 1. The predicted octanol–water partition coefficient (Wildman–Crippen LogP) is 2.00. The van der Waals surface area contributed by atoms with E-state index in [2.05, 4.69) is 39.4 Å². The quantitative estimate of drug-likeness (QED) is 0.922. The van der Waals surface area contributed by atoms with Crippen molar-refractivity contribution in [2.75, 3.05) is 39.3 Å². The van der Waals surface area contributed by atoms with E-state index in [-0.39, 0.29) is 5.41 Å². The summed E-state index contributed by atoms with van der Waals surface area (Å²) in [6.07, 6.45) is 5.53. The van der Waals surface area contributed by atoms with Crippen LogP contribution in [0.2, 0.25) is 0 Å². The summed E-state index contributed by atoms with van der Waals surface area (Å²) in [7, 11) is 0. The maximum absolute atomic E-state index is 13.5. The molecule has 1 atom stereocenters. The lowest BCUT2D eigenvalue weighted by Gasteiger charge is -2.35. The van der Waals surface area contributed by atoms with Gasteiger partial charge in [-0.1, -0.05) is 43.2 Å². The smallest absolute Gasteiger partial charge is 0.233 e. The monoisotopic (exact) mass is 327 g/mol. The van der Waals surface area contributed by atoms with Crippen LogP contribution >= 0.6 is 0 Å². The summed E-state index contributed by atoms with van der Waals surface area (Å²) in [6, 6.07) is 11.1. The first-order chi connectivity index (χ1) is 11.8. The standard InChI is InChI=1S/C20H29N3O/c24-19(20(9-4-5-10-20)17-6-2-1-3-7-17)23-13-8-18(16-23)22-14-11-21-12-15-22/h1-3,6-7,18,21H,4-5,8-16H2. The highest BCUT2D eigenvalue weighted by Crippen LogP contribution is 2.43.